The molecule has 0 aliphatic rings. The van der Waals surface area contributed by atoms with Crippen LogP contribution >= 0.6 is 0 Å². The van der Waals surface area contributed by atoms with Crippen LogP contribution in [0.15, 0.2) is 24.5 Å². The van der Waals surface area contributed by atoms with Gasteiger partial charge in [-0.15, -0.1) is 0 Å². The molecular formula is C13H17N5O. The smallest absolute Gasteiger partial charge is 0.270 e. The number of amides is 1. The van der Waals surface area contributed by atoms with E-state index < -0.39 is 0 Å². The fourth-order valence-corrected chi connectivity index (χ4v) is 1.83. The summed E-state index contributed by atoms with van der Waals surface area (Å²) in [6, 6.07) is 3.13. The van der Waals surface area contributed by atoms with Crippen LogP contribution in [0.5, 0.6) is 0 Å². The molecule has 19 heavy (non-hydrogen) atoms. The van der Waals surface area contributed by atoms with Gasteiger partial charge in [0.2, 0.25) is 0 Å². The number of nitrogen functional groups attached to an aromatic ring is 1. The molecule has 0 spiro atoms. The van der Waals surface area contributed by atoms with E-state index in [2.05, 4.69) is 15.4 Å². The Balaban J connectivity index is 2.10. The zero-order valence-corrected chi connectivity index (χ0v) is 11.2. The van der Waals surface area contributed by atoms with E-state index in [9.17, 15) is 4.79 Å². The summed E-state index contributed by atoms with van der Waals surface area (Å²) < 4.78 is 1.78. The maximum atomic E-state index is 12.0. The summed E-state index contributed by atoms with van der Waals surface area (Å²) in [5, 5.41) is 7.05. The fraction of sp³-hybridized carbons (Fsp3) is 0.308. The number of rotatable bonds is 3. The summed E-state index contributed by atoms with van der Waals surface area (Å²) in [4.78, 5) is 16.0. The van der Waals surface area contributed by atoms with Crippen LogP contribution in [-0.4, -0.2) is 20.7 Å². The maximum absolute atomic E-state index is 12.0. The van der Waals surface area contributed by atoms with Crippen molar-refractivity contribution in [2.75, 3.05) is 5.73 Å². The van der Waals surface area contributed by atoms with Crippen LogP contribution in [0.4, 0.5) is 5.69 Å². The van der Waals surface area contributed by atoms with E-state index in [-0.39, 0.29) is 11.9 Å². The zero-order chi connectivity index (χ0) is 14.0. The minimum absolute atomic E-state index is 0.124. The topological polar surface area (TPSA) is 85.8 Å². The highest BCUT2D eigenvalue weighted by Gasteiger charge is 2.16. The molecule has 100 valence electrons. The second-order valence-electron chi connectivity index (χ2n) is 4.48. The van der Waals surface area contributed by atoms with Gasteiger partial charge in [-0.3, -0.25) is 9.48 Å². The number of anilines is 1. The van der Waals surface area contributed by atoms with E-state index in [1.807, 2.05) is 20.9 Å². The predicted molar refractivity (Wildman–Crippen MR) is 72.5 cm³/mol. The Kier molecular flexibility index (Phi) is 3.50. The Morgan fingerprint density at radius 3 is 2.68 bits per heavy atom. The molecule has 3 N–H and O–H groups in total. The van der Waals surface area contributed by atoms with Crippen molar-refractivity contribution in [2.45, 2.75) is 19.9 Å². The van der Waals surface area contributed by atoms with Crippen molar-refractivity contribution in [3.8, 4) is 0 Å². The standard InChI is InChI=1S/C13H17N5O/c1-8(11-7-16-18(3)9(11)2)17-13(19)12-5-4-10(14)6-15-12/h4-8H,14H2,1-3H3,(H,17,19). The maximum Gasteiger partial charge on any atom is 0.270 e. The van der Waals surface area contributed by atoms with Crippen LogP contribution in [0.1, 0.15) is 34.7 Å². The molecule has 0 bridgehead atoms. The van der Waals surface area contributed by atoms with Gasteiger partial charge < -0.3 is 11.1 Å². The minimum atomic E-state index is -0.226. The molecule has 6 nitrogen and oxygen atoms in total. The molecule has 2 heterocycles. The molecule has 1 amide bonds. The lowest BCUT2D eigenvalue weighted by atomic mass is 10.1. The van der Waals surface area contributed by atoms with Crippen molar-refractivity contribution in [1.29, 1.82) is 0 Å². The van der Waals surface area contributed by atoms with Gasteiger partial charge in [0.1, 0.15) is 5.69 Å². The third-order valence-corrected chi connectivity index (χ3v) is 3.11. The first-order valence-corrected chi connectivity index (χ1v) is 6.00. The van der Waals surface area contributed by atoms with Crippen LogP contribution in [0.3, 0.4) is 0 Å². The summed E-state index contributed by atoms with van der Waals surface area (Å²) in [5.41, 5.74) is 8.44. The number of carbonyl (C=O) groups excluding carboxylic acids is 1. The first-order valence-electron chi connectivity index (χ1n) is 6.00. The van der Waals surface area contributed by atoms with Crippen molar-refractivity contribution >= 4 is 11.6 Å². The van der Waals surface area contributed by atoms with E-state index in [0.29, 0.717) is 11.4 Å². The molecule has 0 fully saturated rings. The number of aromatic nitrogens is 3. The van der Waals surface area contributed by atoms with Crippen LogP contribution in [0, 0.1) is 6.92 Å². The number of hydrogen-bond acceptors (Lipinski definition) is 4. The Morgan fingerprint density at radius 1 is 1.42 bits per heavy atom. The highest BCUT2D eigenvalue weighted by Crippen LogP contribution is 2.16. The Hall–Kier alpha value is -2.37. The summed E-state index contributed by atoms with van der Waals surface area (Å²) in [6.07, 6.45) is 3.23. The lowest BCUT2D eigenvalue weighted by Crippen LogP contribution is -2.27. The number of aryl methyl sites for hydroxylation is 1. The molecule has 1 unspecified atom stereocenters. The number of hydrogen-bond donors (Lipinski definition) is 2. The van der Waals surface area contributed by atoms with Gasteiger partial charge in [0.15, 0.2) is 0 Å². The van der Waals surface area contributed by atoms with Crippen molar-refractivity contribution < 1.29 is 4.79 Å². The fourth-order valence-electron chi connectivity index (χ4n) is 1.83. The molecule has 0 saturated carbocycles. The number of carbonyl (C=O) groups is 1. The lowest BCUT2D eigenvalue weighted by Gasteiger charge is -2.13. The number of nitrogens with two attached hydrogens (primary N) is 1. The van der Waals surface area contributed by atoms with Crippen molar-refractivity contribution in [2.24, 2.45) is 7.05 Å². The monoisotopic (exact) mass is 259 g/mol. The van der Waals surface area contributed by atoms with Crippen molar-refractivity contribution in [3.05, 3.63) is 41.5 Å². The van der Waals surface area contributed by atoms with Crippen LogP contribution in [0.25, 0.3) is 0 Å². The normalized spacial score (nSPS) is 12.2. The van der Waals surface area contributed by atoms with Crippen LogP contribution in [0.2, 0.25) is 0 Å². The van der Waals surface area contributed by atoms with Crippen molar-refractivity contribution in [1.82, 2.24) is 20.1 Å². The van der Waals surface area contributed by atoms with Gasteiger partial charge in [-0.05, 0) is 26.0 Å². The molecule has 0 aliphatic heterocycles. The number of nitrogens with one attached hydrogen (secondary N) is 1. The van der Waals surface area contributed by atoms with Gasteiger partial charge in [-0.2, -0.15) is 5.10 Å². The average Bonchev–Trinajstić information content (AvgIpc) is 2.70. The zero-order valence-electron chi connectivity index (χ0n) is 11.2. The van der Waals surface area contributed by atoms with Crippen molar-refractivity contribution in [3.63, 3.8) is 0 Å². The van der Waals surface area contributed by atoms with E-state index in [0.717, 1.165) is 11.3 Å². The molecule has 1 atom stereocenters. The average molecular weight is 259 g/mol. The predicted octanol–water partition coefficient (Wildman–Crippen LogP) is 1.20. The molecular weight excluding hydrogens is 242 g/mol. The molecule has 0 aromatic carbocycles. The Bertz CT molecular complexity index is 588. The second-order valence-corrected chi connectivity index (χ2v) is 4.48. The quantitative estimate of drug-likeness (QED) is 0.867. The first-order chi connectivity index (χ1) is 8.99. The molecule has 0 aliphatic carbocycles. The van der Waals surface area contributed by atoms with Gasteiger partial charge >= 0.3 is 0 Å². The summed E-state index contributed by atoms with van der Waals surface area (Å²) in [5.74, 6) is -0.226. The summed E-state index contributed by atoms with van der Waals surface area (Å²) in [7, 11) is 1.87. The van der Waals surface area contributed by atoms with Gasteiger partial charge in [0.25, 0.3) is 5.91 Å². The lowest BCUT2D eigenvalue weighted by molar-refractivity contribution is 0.0935. The molecule has 0 saturated heterocycles. The SMILES string of the molecule is Cc1c(C(C)NC(=O)c2ccc(N)cn2)cnn1C. The highest BCUT2D eigenvalue weighted by molar-refractivity contribution is 5.92. The molecule has 6 heteroatoms. The van der Waals surface area contributed by atoms with E-state index in [1.165, 1.54) is 6.20 Å². The Morgan fingerprint density at radius 2 is 2.16 bits per heavy atom. The third kappa shape index (κ3) is 2.73. The third-order valence-electron chi connectivity index (χ3n) is 3.11. The van der Waals surface area contributed by atoms with Gasteiger partial charge in [-0.25, -0.2) is 4.98 Å². The van der Waals surface area contributed by atoms with Gasteiger partial charge in [-0.1, -0.05) is 0 Å². The van der Waals surface area contributed by atoms with Gasteiger partial charge in [0.05, 0.1) is 24.1 Å². The van der Waals surface area contributed by atoms with Gasteiger partial charge in [0, 0.05) is 18.3 Å². The largest absolute Gasteiger partial charge is 0.397 e. The van der Waals surface area contributed by atoms with E-state index in [4.69, 9.17) is 5.73 Å². The van der Waals surface area contributed by atoms with E-state index >= 15 is 0 Å². The molecule has 0 radical (unpaired) electrons. The second kappa shape index (κ2) is 5.09. The summed E-state index contributed by atoms with van der Waals surface area (Å²) >= 11 is 0. The number of nitrogens with zero attached hydrogens (tertiary/aromatic N) is 3. The minimum Gasteiger partial charge on any atom is -0.397 e. The molecule has 2 aromatic rings. The molecule has 2 aromatic heterocycles. The van der Waals surface area contributed by atoms with Crippen LogP contribution < -0.4 is 11.1 Å². The van der Waals surface area contributed by atoms with E-state index in [1.54, 1.807) is 23.0 Å². The molecule has 2 rings (SSSR count). The Labute approximate surface area is 111 Å². The first kappa shape index (κ1) is 13.1. The van der Waals surface area contributed by atoms with Crippen LogP contribution in [-0.2, 0) is 7.05 Å². The number of pyridine rings is 1. The summed E-state index contributed by atoms with van der Waals surface area (Å²) in [6.45, 7) is 3.88. The highest BCUT2D eigenvalue weighted by atomic mass is 16.1.